The van der Waals surface area contributed by atoms with Gasteiger partial charge in [0.1, 0.15) is 38.2 Å². The van der Waals surface area contributed by atoms with Gasteiger partial charge in [0.05, 0.1) is 11.0 Å². The van der Waals surface area contributed by atoms with Crippen LogP contribution in [0.15, 0.2) is 11.0 Å². The first-order valence-corrected chi connectivity index (χ1v) is 11.6. The number of carbonyl (C=O) groups is 1. The summed E-state index contributed by atoms with van der Waals surface area (Å²) in [6, 6.07) is 0. The lowest BCUT2D eigenvalue weighted by Gasteiger charge is -2.40. The maximum Gasteiger partial charge on any atom is 0.480 e. The number of alkyl halides is 1. The quantitative estimate of drug-likeness (QED) is 0.0899. The van der Waals surface area contributed by atoms with Crippen LogP contribution < -0.4 is 5.69 Å². The fraction of sp³-hybridized carbons (Fsp3) is 0.500. The fourth-order valence-electron chi connectivity index (χ4n) is 2.99. The number of nitrogens with zero attached hydrogens (tertiary/aromatic N) is 1. The molecule has 1 aliphatic rings. The van der Waals surface area contributed by atoms with Crippen molar-refractivity contribution >= 4 is 57.7 Å². The Hall–Kier alpha value is -0.965. The number of carbonyl (C=O) groups excluding carboxylic acids is 1. The molecule has 14 nitrogen and oxygen atoms in total. The summed E-state index contributed by atoms with van der Waals surface area (Å²) in [7, 11) is -8.73. The van der Waals surface area contributed by atoms with Crippen LogP contribution in [-0.4, -0.2) is 87.7 Å². The Bertz CT molecular complexity index is 1110. The Balaban J connectivity index is 2.54. The van der Waals surface area contributed by atoms with Gasteiger partial charge < -0.3 is 29.6 Å². The molecule has 1 aliphatic heterocycles. The van der Waals surface area contributed by atoms with Crippen LogP contribution in [0.5, 0.6) is 0 Å². The van der Waals surface area contributed by atoms with Crippen molar-refractivity contribution < 1.29 is 56.8 Å². The standard InChI is InChI=1S/C10H16B3FN2O12P2S/c11-9(16-1-3(2-17)6(31)15-7(16)20)5(19)4(18)8(14,26-9)10(12,13)27-30(24,25)28-29(21,22)23/h1-2,4-5,18-19H,11-13H2,(H,24,25)(H,15,20,31)(H2,21,22,23)/t4-,5+,8-,9-/m0/s1. The zero-order chi connectivity index (χ0) is 24.2. The molecular formula is C10H16B3FN2O12P2S. The summed E-state index contributed by atoms with van der Waals surface area (Å²) in [5, 5.41) is 18.1. The number of aliphatic hydroxyl groups excluding tert-OH is 2. The third kappa shape index (κ3) is 4.87. The van der Waals surface area contributed by atoms with Gasteiger partial charge in [0.2, 0.25) is 0 Å². The summed E-state index contributed by atoms with van der Waals surface area (Å²) in [6.07, 6.45) is -3.66. The topological polar surface area (TPSA) is 218 Å². The maximum atomic E-state index is 15.8. The third-order valence-electron chi connectivity index (χ3n) is 4.53. The van der Waals surface area contributed by atoms with Crippen molar-refractivity contribution in [3.63, 3.8) is 0 Å². The van der Waals surface area contributed by atoms with Gasteiger partial charge in [-0.2, -0.15) is 4.31 Å². The number of rotatable bonds is 7. The molecule has 0 spiro atoms. The van der Waals surface area contributed by atoms with Gasteiger partial charge in [0.15, 0.2) is 14.1 Å². The van der Waals surface area contributed by atoms with Crippen molar-refractivity contribution in [2.45, 2.75) is 29.1 Å². The van der Waals surface area contributed by atoms with Crippen LogP contribution in [0, 0.1) is 4.64 Å². The molecule has 0 aromatic carbocycles. The van der Waals surface area contributed by atoms with Gasteiger partial charge in [-0.15, -0.1) is 0 Å². The Morgan fingerprint density at radius 2 is 1.87 bits per heavy atom. The average Bonchev–Trinajstić information content (AvgIpc) is 2.74. The second-order valence-corrected chi connectivity index (χ2v) is 10.3. The highest BCUT2D eigenvalue weighted by molar-refractivity contribution is 7.71. The van der Waals surface area contributed by atoms with E-state index in [0.717, 1.165) is 29.7 Å². The van der Waals surface area contributed by atoms with Gasteiger partial charge in [-0.05, 0) is 0 Å². The monoisotopic (exact) mass is 502 g/mol. The molecule has 170 valence electrons. The molecule has 31 heavy (non-hydrogen) atoms. The van der Waals surface area contributed by atoms with Gasteiger partial charge in [0.25, 0.3) is 5.85 Å². The number of nitrogens with one attached hydrogen (secondary N) is 1. The zero-order valence-electron chi connectivity index (χ0n) is 16.0. The van der Waals surface area contributed by atoms with Crippen LogP contribution >= 0.6 is 27.9 Å². The molecule has 1 fully saturated rings. The molecule has 0 radical (unpaired) electrons. The number of aromatic amines is 1. The highest BCUT2D eigenvalue weighted by atomic mass is 32.1. The van der Waals surface area contributed by atoms with Crippen molar-refractivity contribution in [2.24, 2.45) is 0 Å². The van der Waals surface area contributed by atoms with Crippen LogP contribution in [0.2, 0.25) is 0 Å². The van der Waals surface area contributed by atoms with E-state index in [-0.39, 0.29) is 16.5 Å². The molecule has 5 atom stereocenters. The van der Waals surface area contributed by atoms with Crippen LogP contribution in [0.1, 0.15) is 10.4 Å². The number of aliphatic hydroxyl groups is 2. The van der Waals surface area contributed by atoms with Gasteiger partial charge in [0, 0.05) is 6.20 Å². The Morgan fingerprint density at radius 3 is 2.35 bits per heavy atom. The largest absolute Gasteiger partial charge is 0.480 e. The number of ether oxygens (including phenoxy) is 1. The molecule has 0 bridgehead atoms. The molecule has 0 aliphatic carbocycles. The lowest BCUT2D eigenvalue weighted by molar-refractivity contribution is -0.239. The van der Waals surface area contributed by atoms with Crippen LogP contribution in [0.25, 0.3) is 0 Å². The molecular weight excluding hydrogens is 486 g/mol. The number of phosphoric acid groups is 2. The van der Waals surface area contributed by atoms with Crippen molar-refractivity contribution in [3.05, 3.63) is 26.9 Å². The van der Waals surface area contributed by atoms with E-state index in [0.29, 0.717) is 4.57 Å². The molecule has 0 amide bonds. The van der Waals surface area contributed by atoms with E-state index in [1.807, 2.05) is 0 Å². The van der Waals surface area contributed by atoms with Crippen LogP contribution in [0.4, 0.5) is 4.39 Å². The Kier molecular flexibility index (Phi) is 6.88. The van der Waals surface area contributed by atoms with Crippen molar-refractivity contribution in [2.75, 3.05) is 0 Å². The van der Waals surface area contributed by atoms with Crippen molar-refractivity contribution in [3.8, 4) is 0 Å². The van der Waals surface area contributed by atoms with E-state index in [9.17, 15) is 33.8 Å². The number of hydrogen-bond acceptors (Lipinski definition) is 10. The fourth-order valence-corrected chi connectivity index (χ4v) is 5.09. The third-order valence-corrected chi connectivity index (χ3v) is 7.23. The Morgan fingerprint density at radius 1 is 1.32 bits per heavy atom. The van der Waals surface area contributed by atoms with Crippen molar-refractivity contribution in [1.29, 1.82) is 0 Å². The minimum Gasteiger partial charge on any atom is -0.386 e. The maximum absolute atomic E-state index is 15.8. The second-order valence-electron chi connectivity index (χ2n) is 7.17. The van der Waals surface area contributed by atoms with Gasteiger partial charge in [-0.25, -0.2) is 18.3 Å². The predicted molar refractivity (Wildman–Crippen MR) is 109 cm³/mol. The highest BCUT2D eigenvalue weighted by Crippen LogP contribution is 2.61. The summed E-state index contributed by atoms with van der Waals surface area (Å²) in [5.41, 5.74) is -3.72. The lowest BCUT2D eigenvalue weighted by atomic mass is 9.59. The molecule has 2 rings (SSSR count). The Labute approximate surface area is 180 Å². The summed E-state index contributed by atoms with van der Waals surface area (Å²) >= 11 is 4.79. The summed E-state index contributed by atoms with van der Waals surface area (Å²) < 4.78 is 52.0. The molecule has 1 aromatic rings. The predicted octanol–water partition coefficient (Wildman–Crippen LogP) is -4.47. The number of aromatic nitrogens is 2. The minimum atomic E-state index is -5.63. The molecule has 1 unspecified atom stereocenters. The molecule has 2 heterocycles. The number of halogens is 1. The van der Waals surface area contributed by atoms with Gasteiger partial charge in [-0.1, -0.05) is 12.2 Å². The van der Waals surface area contributed by atoms with Crippen LogP contribution in [0.3, 0.4) is 0 Å². The van der Waals surface area contributed by atoms with E-state index in [4.69, 9.17) is 26.7 Å². The summed E-state index contributed by atoms with van der Waals surface area (Å²) in [6.45, 7) is 0. The van der Waals surface area contributed by atoms with E-state index in [2.05, 4.69) is 13.8 Å². The first-order chi connectivity index (χ1) is 13.8. The van der Waals surface area contributed by atoms with E-state index in [1.54, 1.807) is 0 Å². The summed E-state index contributed by atoms with van der Waals surface area (Å²) in [5.74, 6) is -3.55. The second kappa shape index (κ2) is 8.11. The molecule has 21 heteroatoms. The smallest absolute Gasteiger partial charge is 0.386 e. The summed E-state index contributed by atoms with van der Waals surface area (Å²) in [4.78, 5) is 52.5. The molecule has 0 saturated carbocycles. The molecule has 6 N–H and O–H groups in total. The van der Waals surface area contributed by atoms with E-state index < -0.39 is 50.4 Å². The van der Waals surface area contributed by atoms with E-state index in [1.165, 1.54) is 0 Å². The van der Waals surface area contributed by atoms with Crippen molar-refractivity contribution in [1.82, 2.24) is 9.55 Å². The lowest BCUT2D eigenvalue weighted by Crippen LogP contribution is -2.60. The first-order valence-electron chi connectivity index (χ1n) is 8.17. The minimum absolute atomic E-state index is 0.247. The normalized spacial score (nSPS) is 31.3. The number of H-pyrrole nitrogens is 1. The number of phosphoric ester groups is 1. The molecule has 1 aromatic heterocycles. The number of aldehydes is 1. The SMILES string of the molecule is BC(B)(OP(=O)(O)OP(=O)(O)O)[C@@]1(F)O[C@@](B)(n2cc(C=O)c(=S)[nH]c2=O)[C@H](O)[C@@H]1O. The highest BCUT2D eigenvalue weighted by Gasteiger charge is 2.69. The average molecular weight is 502 g/mol. The van der Waals surface area contributed by atoms with Gasteiger partial charge >= 0.3 is 21.3 Å². The van der Waals surface area contributed by atoms with Gasteiger partial charge in [-0.3, -0.25) is 18.9 Å². The first kappa shape index (κ1) is 26.3. The van der Waals surface area contributed by atoms with E-state index >= 15 is 4.39 Å². The zero-order valence-corrected chi connectivity index (χ0v) is 18.6. The number of hydrogen-bond donors (Lipinski definition) is 6. The molecule has 1 saturated heterocycles. The van der Waals surface area contributed by atoms with Crippen LogP contribution in [-0.2, 0) is 28.3 Å².